The topological polar surface area (TPSA) is 46.5 Å². The first-order chi connectivity index (χ1) is 13.2. The smallest absolute Gasteiger partial charge is 0.416 e. The first-order valence-corrected chi connectivity index (χ1v) is 8.54. The minimum absolute atomic E-state index is 0.0496. The maximum Gasteiger partial charge on any atom is 0.416 e. The van der Waals surface area contributed by atoms with Crippen molar-refractivity contribution in [3.05, 3.63) is 88.4 Å². The lowest BCUT2D eigenvalue weighted by molar-refractivity contribution is -0.137. The van der Waals surface area contributed by atoms with Crippen molar-refractivity contribution >= 4 is 17.6 Å². The van der Waals surface area contributed by atoms with Crippen molar-refractivity contribution in [3.63, 3.8) is 0 Å². The van der Waals surface area contributed by atoms with Crippen molar-refractivity contribution in [1.29, 1.82) is 0 Å². The molecule has 0 atom stereocenters. The van der Waals surface area contributed by atoms with E-state index in [4.69, 9.17) is 16.3 Å². The Labute approximate surface area is 164 Å². The highest BCUT2D eigenvalue weighted by atomic mass is 35.5. The standard InChI is InChI=1S/C21H14ClF3O3/c22-18-11-17(21(23,24)25)6-7-19(18)28-12-13-8-15(10-16(9-13)20(26)27)14-4-2-1-3-5-14/h1-11H,12H2,(H,26,27). The van der Waals surface area contributed by atoms with Gasteiger partial charge in [0, 0.05) is 0 Å². The van der Waals surface area contributed by atoms with Crippen LogP contribution in [-0.2, 0) is 12.8 Å². The molecular weight excluding hydrogens is 393 g/mol. The van der Waals surface area contributed by atoms with Crippen LogP contribution < -0.4 is 4.74 Å². The molecule has 0 radical (unpaired) electrons. The summed E-state index contributed by atoms with van der Waals surface area (Å²) in [6, 6.07) is 16.8. The first-order valence-electron chi connectivity index (χ1n) is 8.16. The Morgan fingerprint density at radius 1 is 0.964 bits per heavy atom. The minimum atomic E-state index is -4.50. The van der Waals surface area contributed by atoms with Gasteiger partial charge in [0.05, 0.1) is 16.1 Å². The molecule has 144 valence electrons. The summed E-state index contributed by atoms with van der Waals surface area (Å²) in [5.74, 6) is -1.01. The Kier molecular flexibility index (Phi) is 5.61. The normalized spacial score (nSPS) is 11.3. The molecule has 0 bridgehead atoms. The molecule has 1 N–H and O–H groups in total. The quantitative estimate of drug-likeness (QED) is 0.540. The van der Waals surface area contributed by atoms with Crippen molar-refractivity contribution < 1.29 is 27.8 Å². The molecule has 0 fully saturated rings. The van der Waals surface area contributed by atoms with Crippen LogP contribution >= 0.6 is 11.6 Å². The third-order valence-electron chi connectivity index (χ3n) is 4.00. The van der Waals surface area contributed by atoms with Gasteiger partial charge in [-0.25, -0.2) is 4.79 Å². The van der Waals surface area contributed by atoms with Gasteiger partial charge in [0.2, 0.25) is 0 Å². The first kappa shape index (κ1) is 19.8. The molecule has 0 saturated carbocycles. The van der Waals surface area contributed by atoms with Crippen LogP contribution in [0.2, 0.25) is 5.02 Å². The van der Waals surface area contributed by atoms with Gasteiger partial charge in [0.25, 0.3) is 0 Å². The summed E-state index contributed by atoms with van der Waals surface area (Å²) in [7, 11) is 0. The number of carboxylic acid groups (broad SMARTS) is 1. The van der Waals surface area contributed by atoms with E-state index in [9.17, 15) is 23.1 Å². The maximum absolute atomic E-state index is 12.7. The molecule has 3 aromatic rings. The lowest BCUT2D eigenvalue weighted by Crippen LogP contribution is -2.05. The van der Waals surface area contributed by atoms with E-state index in [1.807, 2.05) is 30.3 Å². The van der Waals surface area contributed by atoms with Gasteiger partial charge < -0.3 is 9.84 Å². The Hall–Kier alpha value is -2.99. The highest BCUT2D eigenvalue weighted by molar-refractivity contribution is 6.32. The van der Waals surface area contributed by atoms with Crippen LogP contribution in [0.1, 0.15) is 21.5 Å². The van der Waals surface area contributed by atoms with Crippen molar-refractivity contribution in [2.45, 2.75) is 12.8 Å². The van der Waals surface area contributed by atoms with Crippen molar-refractivity contribution in [3.8, 4) is 16.9 Å². The SMILES string of the molecule is O=C(O)c1cc(COc2ccc(C(F)(F)F)cc2Cl)cc(-c2ccccc2)c1. The van der Waals surface area contributed by atoms with E-state index in [0.717, 1.165) is 23.8 Å². The summed E-state index contributed by atoms with van der Waals surface area (Å²) >= 11 is 5.89. The van der Waals surface area contributed by atoms with Crippen molar-refractivity contribution in [2.24, 2.45) is 0 Å². The van der Waals surface area contributed by atoms with E-state index in [1.54, 1.807) is 12.1 Å². The molecule has 0 aromatic heterocycles. The number of ether oxygens (including phenoxy) is 1. The van der Waals surface area contributed by atoms with Gasteiger partial charge in [-0.1, -0.05) is 41.9 Å². The molecule has 3 nitrogen and oxygen atoms in total. The minimum Gasteiger partial charge on any atom is -0.487 e. The van der Waals surface area contributed by atoms with E-state index in [2.05, 4.69) is 0 Å². The third-order valence-corrected chi connectivity index (χ3v) is 4.30. The molecule has 3 rings (SSSR count). The van der Waals surface area contributed by atoms with E-state index in [0.29, 0.717) is 11.1 Å². The number of carboxylic acids is 1. The summed E-state index contributed by atoms with van der Waals surface area (Å²) in [6.45, 7) is -0.0496. The van der Waals surface area contributed by atoms with Gasteiger partial charge in [-0.3, -0.25) is 0 Å². The monoisotopic (exact) mass is 406 g/mol. The van der Waals surface area contributed by atoms with Gasteiger partial charge in [-0.2, -0.15) is 13.2 Å². The van der Waals surface area contributed by atoms with Gasteiger partial charge in [-0.05, 0) is 53.1 Å². The molecule has 0 aliphatic heterocycles. The summed E-state index contributed by atoms with van der Waals surface area (Å²) in [4.78, 5) is 11.4. The van der Waals surface area contributed by atoms with Gasteiger partial charge in [0.1, 0.15) is 12.4 Å². The van der Waals surface area contributed by atoms with Crippen LogP contribution in [0.4, 0.5) is 13.2 Å². The predicted molar refractivity (Wildman–Crippen MR) is 99.6 cm³/mol. The predicted octanol–water partition coefficient (Wildman–Crippen LogP) is 6.30. The molecule has 0 aliphatic rings. The third kappa shape index (κ3) is 4.64. The highest BCUT2D eigenvalue weighted by Gasteiger charge is 2.31. The fourth-order valence-electron chi connectivity index (χ4n) is 2.65. The summed E-state index contributed by atoms with van der Waals surface area (Å²) in [5, 5.41) is 9.17. The van der Waals surface area contributed by atoms with Crippen LogP contribution in [0.5, 0.6) is 5.75 Å². The average Bonchev–Trinajstić information content (AvgIpc) is 2.66. The number of carbonyl (C=O) groups is 1. The van der Waals surface area contributed by atoms with Crippen LogP contribution in [0, 0.1) is 0 Å². The van der Waals surface area contributed by atoms with Gasteiger partial charge in [0.15, 0.2) is 0 Å². The van der Waals surface area contributed by atoms with Crippen LogP contribution in [0.3, 0.4) is 0 Å². The zero-order valence-electron chi connectivity index (χ0n) is 14.3. The Morgan fingerprint density at radius 3 is 2.29 bits per heavy atom. The molecule has 7 heteroatoms. The molecule has 0 spiro atoms. The van der Waals surface area contributed by atoms with E-state index >= 15 is 0 Å². The number of benzene rings is 3. The van der Waals surface area contributed by atoms with Crippen LogP contribution in [-0.4, -0.2) is 11.1 Å². The van der Waals surface area contributed by atoms with E-state index < -0.39 is 17.7 Å². The van der Waals surface area contributed by atoms with Gasteiger partial charge >= 0.3 is 12.1 Å². The molecule has 0 aliphatic carbocycles. The van der Waals surface area contributed by atoms with Crippen molar-refractivity contribution in [2.75, 3.05) is 0 Å². The van der Waals surface area contributed by atoms with Crippen LogP contribution in [0.15, 0.2) is 66.7 Å². The number of halogens is 4. The Morgan fingerprint density at radius 2 is 1.68 bits per heavy atom. The molecule has 28 heavy (non-hydrogen) atoms. The fraction of sp³-hybridized carbons (Fsp3) is 0.0952. The molecule has 3 aromatic carbocycles. The number of hydrogen-bond acceptors (Lipinski definition) is 2. The van der Waals surface area contributed by atoms with E-state index in [-0.39, 0.29) is 22.9 Å². The lowest BCUT2D eigenvalue weighted by Gasteiger charge is -2.13. The summed E-state index contributed by atoms with van der Waals surface area (Å²) < 4.78 is 43.7. The lowest BCUT2D eigenvalue weighted by atomic mass is 10.00. The molecule has 0 amide bonds. The van der Waals surface area contributed by atoms with E-state index in [1.165, 1.54) is 6.07 Å². The molecule has 0 unspecified atom stereocenters. The average molecular weight is 407 g/mol. The largest absolute Gasteiger partial charge is 0.487 e. The second kappa shape index (κ2) is 7.94. The van der Waals surface area contributed by atoms with Crippen molar-refractivity contribution in [1.82, 2.24) is 0 Å². The maximum atomic E-state index is 12.7. The molecule has 0 saturated heterocycles. The van der Waals surface area contributed by atoms with Crippen LogP contribution in [0.25, 0.3) is 11.1 Å². The highest BCUT2D eigenvalue weighted by Crippen LogP contribution is 2.35. The summed E-state index contributed by atoms with van der Waals surface area (Å²) in [5.41, 5.74) is 1.29. The number of alkyl halides is 3. The molecule has 0 heterocycles. The number of rotatable bonds is 5. The number of hydrogen-bond donors (Lipinski definition) is 1. The Bertz CT molecular complexity index is 1000. The Balaban J connectivity index is 1.86. The molecular formula is C21H14ClF3O3. The second-order valence-electron chi connectivity index (χ2n) is 6.02. The number of aromatic carboxylic acids is 1. The zero-order chi connectivity index (χ0) is 20.3. The zero-order valence-corrected chi connectivity index (χ0v) is 15.1. The van der Waals surface area contributed by atoms with Gasteiger partial charge in [-0.15, -0.1) is 0 Å². The summed E-state index contributed by atoms with van der Waals surface area (Å²) in [6.07, 6.45) is -4.50. The second-order valence-corrected chi connectivity index (χ2v) is 6.43. The fourth-order valence-corrected chi connectivity index (χ4v) is 2.89.